The van der Waals surface area contributed by atoms with Crippen LogP contribution in [-0.4, -0.2) is 152 Å². The molecule has 7 fully saturated rings. The maximum Gasteiger partial charge on any atom is 0.229 e. The fourth-order valence-electron chi connectivity index (χ4n) is 9.48. The number of nitrogens with one attached hydrogen (secondary N) is 4. The summed E-state index contributed by atoms with van der Waals surface area (Å²) in [4.78, 5) is 34.2. The number of likely N-dealkylation sites (tertiary alicyclic amines) is 1. The van der Waals surface area contributed by atoms with E-state index in [9.17, 15) is 14.0 Å². The molecule has 1 aliphatic carbocycles. The first kappa shape index (κ1) is 32.0. The highest BCUT2D eigenvalue weighted by Gasteiger charge is 2.62. The molecule has 6 N–H and O–H groups in total. The van der Waals surface area contributed by atoms with Gasteiger partial charge in [-0.15, -0.1) is 0 Å². The zero-order valence-electron chi connectivity index (χ0n) is 26.5. The second-order valence-electron chi connectivity index (χ2n) is 14.5. The third-order valence-corrected chi connectivity index (χ3v) is 12.0. The number of nitrogens with two attached hydrogens (primary N) is 1. The Morgan fingerprint density at radius 3 is 2.31 bits per heavy atom. The minimum absolute atomic E-state index is 0.0479. The number of hydrogen-bond acceptors (Lipinski definition) is 10. The van der Waals surface area contributed by atoms with Crippen LogP contribution < -0.4 is 27.1 Å². The van der Waals surface area contributed by atoms with Gasteiger partial charge < -0.3 is 26.0 Å². The van der Waals surface area contributed by atoms with Gasteiger partial charge in [0.15, 0.2) is 0 Å². The van der Waals surface area contributed by atoms with Gasteiger partial charge in [-0.3, -0.25) is 24.7 Å². The normalized spacial score (nSPS) is 40.2. The summed E-state index contributed by atoms with van der Waals surface area (Å²) in [5.41, 5.74) is 9.07. The summed E-state index contributed by atoms with van der Waals surface area (Å²) in [6.07, 6.45) is 3.74. The zero-order chi connectivity index (χ0) is 31.1. The number of nitrogens with zero attached hydrogens (tertiary/aromatic N) is 4. The number of alkyl halides is 2. The Morgan fingerprint density at radius 2 is 1.62 bits per heavy atom. The van der Waals surface area contributed by atoms with Gasteiger partial charge in [0.1, 0.15) is 23.9 Å². The number of amides is 2. The van der Waals surface area contributed by atoms with Crippen LogP contribution in [0.1, 0.15) is 44.9 Å². The van der Waals surface area contributed by atoms with Crippen LogP contribution in [0.15, 0.2) is 0 Å². The van der Waals surface area contributed by atoms with Gasteiger partial charge in [0.25, 0.3) is 0 Å². The summed E-state index contributed by atoms with van der Waals surface area (Å²) in [7, 11) is 0. The molecule has 1 saturated carbocycles. The second-order valence-corrected chi connectivity index (χ2v) is 14.5. The quantitative estimate of drug-likeness (QED) is 0.247. The van der Waals surface area contributed by atoms with Crippen molar-refractivity contribution in [2.45, 2.75) is 87.2 Å². The van der Waals surface area contributed by atoms with Gasteiger partial charge in [-0.05, 0) is 44.7 Å². The lowest BCUT2D eigenvalue weighted by molar-refractivity contribution is -0.141. The number of ether oxygens (including phenoxy) is 1. The number of piperidine rings is 2. The molecule has 254 valence electrons. The molecule has 12 nitrogen and oxygen atoms in total. The first-order valence-electron chi connectivity index (χ1n) is 17.5. The van der Waals surface area contributed by atoms with E-state index in [4.69, 9.17) is 10.5 Å². The number of hydrazine groups is 1. The van der Waals surface area contributed by atoms with Gasteiger partial charge in [-0.25, -0.2) is 19.2 Å². The Hall–Kier alpha value is -1.52. The molecule has 0 aromatic heterocycles. The number of fused-ring (bicyclic) bond motifs is 1. The molecule has 0 aromatic carbocycles. The number of halogens is 2. The van der Waals surface area contributed by atoms with Crippen molar-refractivity contribution in [1.82, 2.24) is 41.1 Å². The van der Waals surface area contributed by atoms with Crippen LogP contribution in [0.2, 0.25) is 0 Å². The van der Waals surface area contributed by atoms with Crippen molar-refractivity contribution in [3.63, 3.8) is 0 Å². The Bertz CT molecular complexity index is 1050. The van der Waals surface area contributed by atoms with Crippen LogP contribution in [0.25, 0.3) is 0 Å². The summed E-state index contributed by atoms with van der Waals surface area (Å²) in [6.45, 7) is 7.18. The van der Waals surface area contributed by atoms with E-state index >= 15 is 4.39 Å². The Labute approximate surface area is 265 Å². The molecule has 6 heterocycles. The number of rotatable bonds is 6. The average Bonchev–Trinajstić information content (AvgIpc) is 3.32. The summed E-state index contributed by atoms with van der Waals surface area (Å²) >= 11 is 0. The molecular weight excluding hydrogens is 584 g/mol. The van der Waals surface area contributed by atoms with Crippen molar-refractivity contribution in [2.24, 2.45) is 23.5 Å². The van der Waals surface area contributed by atoms with Gasteiger partial charge in [-0.1, -0.05) is 19.3 Å². The van der Waals surface area contributed by atoms with Crippen molar-refractivity contribution in [3.05, 3.63) is 0 Å². The van der Waals surface area contributed by atoms with Crippen LogP contribution in [0, 0.1) is 17.8 Å². The molecule has 7 atom stereocenters. The molecule has 7 unspecified atom stereocenters. The molecule has 2 amide bonds. The molecule has 14 heteroatoms. The highest BCUT2D eigenvalue weighted by molar-refractivity contribution is 5.82. The van der Waals surface area contributed by atoms with E-state index < -0.39 is 42.2 Å². The van der Waals surface area contributed by atoms with Gasteiger partial charge in [0.2, 0.25) is 11.8 Å². The first-order chi connectivity index (χ1) is 21.8. The number of carbonyl (C=O) groups excluding carboxylic acids is 2. The van der Waals surface area contributed by atoms with E-state index in [1.54, 1.807) is 0 Å². The van der Waals surface area contributed by atoms with Crippen molar-refractivity contribution in [2.75, 3.05) is 78.7 Å². The molecule has 0 aromatic rings. The topological polar surface area (TPSA) is 130 Å². The maximum absolute atomic E-state index is 15.7. The third-order valence-electron chi connectivity index (χ3n) is 12.0. The Morgan fingerprint density at radius 1 is 0.889 bits per heavy atom. The lowest BCUT2D eigenvalue weighted by atomic mass is 9.72. The summed E-state index contributed by atoms with van der Waals surface area (Å²) in [5.74, 6) is -0.516. The van der Waals surface area contributed by atoms with E-state index in [1.807, 2.05) is 9.91 Å². The summed E-state index contributed by atoms with van der Waals surface area (Å²) in [6, 6.07) is -0.433. The van der Waals surface area contributed by atoms with Crippen molar-refractivity contribution in [1.29, 1.82) is 0 Å². The van der Waals surface area contributed by atoms with E-state index in [0.717, 1.165) is 71.5 Å². The maximum atomic E-state index is 15.7. The molecule has 7 aliphatic rings. The molecular formula is C31H53F2N9O3. The predicted molar refractivity (Wildman–Crippen MR) is 164 cm³/mol. The second kappa shape index (κ2) is 13.5. The van der Waals surface area contributed by atoms with Crippen LogP contribution in [-0.2, 0) is 14.3 Å². The molecule has 0 bridgehead atoms. The van der Waals surface area contributed by atoms with Crippen molar-refractivity contribution in [3.8, 4) is 0 Å². The zero-order valence-corrected chi connectivity index (χ0v) is 26.5. The van der Waals surface area contributed by atoms with Gasteiger partial charge >= 0.3 is 0 Å². The van der Waals surface area contributed by atoms with E-state index in [1.165, 1.54) is 0 Å². The molecule has 0 spiro atoms. The Balaban J connectivity index is 0.991. The molecule has 7 rings (SSSR count). The summed E-state index contributed by atoms with van der Waals surface area (Å²) in [5, 5.41) is 11.7. The molecule has 6 aliphatic heterocycles. The van der Waals surface area contributed by atoms with Crippen molar-refractivity contribution < 1.29 is 23.1 Å². The molecule has 0 radical (unpaired) electrons. The minimum atomic E-state index is -1.15. The van der Waals surface area contributed by atoms with Crippen molar-refractivity contribution >= 4 is 11.8 Å². The average molecular weight is 638 g/mol. The van der Waals surface area contributed by atoms with Gasteiger partial charge in [0.05, 0.1) is 37.5 Å². The predicted octanol–water partition coefficient (Wildman–Crippen LogP) is -1.02. The SMILES string of the molecule is NC1NN2CC(F)CNC2(C2CCCCC2)C1C(=O)NC1CNCC(F)C1N1CCC(C(=O)N2CCN(C3COC3)CC2)CC1. The van der Waals surface area contributed by atoms with E-state index in [2.05, 4.69) is 31.2 Å². The largest absolute Gasteiger partial charge is 0.378 e. The number of piperazine rings is 1. The standard InChI is InChI=1S/C31H53F2N9O3/c32-22-14-36-31(21-4-2-1-3-5-21)26(28(34)38-42(31)17-22)29(43)37-25-16-35-15-24(33)27(25)40-8-6-20(7-9-40)30(44)41-12-10-39(11-13-41)23-18-45-19-23/h20-28,35-36,38H,1-19,34H2,(H,37,43). The lowest BCUT2D eigenvalue weighted by Crippen LogP contribution is -2.73. The van der Waals surface area contributed by atoms with E-state index in [0.29, 0.717) is 38.5 Å². The highest BCUT2D eigenvalue weighted by atomic mass is 19.1. The smallest absolute Gasteiger partial charge is 0.229 e. The third kappa shape index (κ3) is 6.14. The summed E-state index contributed by atoms with van der Waals surface area (Å²) < 4.78 is 35.6. The first-order valence-corrected chi connectivity index (χ1v) is 17.5. The molecule has 45 heavy (non-hydrogen) atoms. The minimum Gasteiger partial charge on any atom is -0.378 e. The van der Waals surface area contributed by atoms with Crippen LogP contribution in [0.5, 0.6) is 0 Å². The lowest BCUT2D eigenvalue weighted by Gasteiger charge is -2.52. The Kier molecular flexibility index (Phi) is 9.64. The fraction of sp³-hybridized carbons (Fsp3) is 0.935. The number of carbonyl (C=O) groups is 2. The van der Waals surface area contributed by atoms with Crippen LogP contribution >= 0.6 is 0 Å². The fourth-order valence-corrected chi connectivity index (χ4v) is 9.48. The van der Waals surface area contributed by atoms with Gasteiger partial charge in [0, 0.05) is 58.3 Å². The number of hydrogen-bond donors (Lipinski definition) is 5. The highest BCUT2D eigenvalue weighted by Crippen LogP contribution is 2.44. The van der Waals surface area contributed by atoms with E-state index in [-0.39, 0.29) is 43.3 Å². The van der Waals surface area contributed by atoms with Gasteiger partial charge in [-0.2, -0.15) is 0 Å². The molecule has 6 saturated heterocycles. The van der Waals surface area contributed by atoms with Crippen LogP contribution in [0.3, 0.4) is 0 Å². The van der Waals surface area contributed by atoms with Crippen LogP contribution in [0.4, 0.5) is 8.78 Å². The monoisotopic (exact) mass is 637 g/mol.